The van der Waals surface area contributed by atoms with E-state index in [4.69, 9.17) is 0 Å². The van der Waals surface area contributed by atoms with Gasteiger partial charge in [0.1, 0.15) is 6.54 Å². The first-order valence-electron chi connectivity index (χ1n) is 11.0. The number of carbonyl (C=O) groups excluding carboxylic acids is 1. The number of sulfonamides is 1. The van der Waals surface area contributed by atoms with E-state index in [0.29, 0.717) is 24.1 Å². The third kappa shape index (κ3) is 4.69. The van der Waals surface area contributed by atoms with Crippen molar-refractivity contribution < 1.29 is 13.2 Å². The van der Waals surface area contributed by atoms with Gasteiger partial charge < -0.3 is 5.32 Å². The van der Waals surface area contributed by atoms with Crippen LogP contribution < -0.4 is 10.9 Å². The van der Waals surface area contributed by atoms with Crippen LogP contribution in [-0.2, 0) is 21.4 Å². The molecule has 0 radical (unpaired) electrons. The molecule has 1 fully saturated rings. The van der Waals surface area contributed by atoms with E-state index >= 15 is 0 Å². The first-order valence-corrected chi connectivity index (χ1v) is 12.5. The highest BCUT2D eigenvalue weighted by molar-refractivity contribution is 7.89. The van der Waals surface area contributed by atoms with Crippen LogP contribution in [0.25, 0.3) is 11.0 Å². The van der Waals surface area contributed by atoms with Crippen molar-refractivity contribution in [3.8, 4) is 0 Å². The lowest BCUT2D eigenvalue weighted by Gasteiger charge is -2.26. The Labute approximate surface area is 193 Å². The number of aryl methyl sites for hydroxylation is 3. The summed E-state index contributed by atoms with van der Waals surface area (Å²) in [5, 5.41) is 2.90. The van der Waals surface area contributed by atoms with Gasteiger partial charge in [-0.2, -0.15) is 4.31 Å². The molecule has 1 aliphatic heterocycles. The van der Waals surface area contributed by atoms with Gasteiger partial charge in [-0.15, -0.1) is 0 Å². The van der Waals surface area contributed by atoms with Gasteiger partial charge in [0.15, 0.2) is 0 Å². The first kappa shape index (κ1) is 23.1. The summed E-state index contributed by atoms with van der Waals surface area (Å²) in [6.45, 7) is 6.65. The second-order valence-electron chi connectivity index (χ2n) is 8.62. The van der Waals surface area contributed by atoms with Crippen molar-refractivity contribution in [1.82, 2.24) is 13.9 Å². The zero-order valence-corrected chi connectivity index (χ0v) is 19.9. The Bertz CT molecular complexity index is 1370. The summed E-state index contributed by atoms with van der Waals surface area (Å²) in [5.74, 6) is -0.343. The predicted octanol–water partition coefficient (Wildman–Crippen LogP) is 3.14. The summed E-state index contributed by atoms with van der Waals surface area (Å²) in [7, 11) is -3.63. The lowest BCUT2D eigenvalue weighted by atomic mass is 10.1. The van der Waals surface area contributed by atoms with E-state index in [2.05, 4.69) is 10.3 Å². The van der Waals surface area contributed by atoms with Crippen LogP contribution in [0.2, 0.25) is 0 Å². The van der Waals surface area contributed by atoms with E-state index in [1.54, 1.807) is 6.07 Å². The molecule has 0 atom stereocenters. The molecule has 0 aliphatic carbocycles. The van der Waals surface area contributed by atoms with Crippen LogP contribution in [0.4, 0.5) is 5.69 Å². The summed E-state index contributed by atoms with van der Waals surface area (Å²) in [5.41, 5.74) is 4.06. The van der Waals surface area contributed by atoms with Crippen LogP contribution in [0.3, 0.4) is 0 Å². The number of benzene rings is 2. The highest BCUT2D eigenvalue weighted by Crippen LogP contribution is 2.24. The first-order chi connectivity index (χ1) is 15.7. The number of hydrogen-bond donors (Lipinski definition) is 1. The Hall–Kier alpha value is -3.04. The molecule has 9 heteroatoms. The Morgan fingerprint density at radius 1 is 1.03 bits per heavy atom. The van der Waals surface area contributed by atoms with Crippen LogP contribution in [0.5, 0.6) is 0 Å². The third-order valence-electron chi connectivity index (χ3n) is 6.01. The number of fused-ring (bicyclic) bond motifs is 1. The van der Waals surface area contributed by atoms with Gasteiger partial charge in [0.2, 0.25) is 15.9 Å². The SMILES string of the molecule is Cc1cc(C)c(NC(=O)Cn2c(=O)cnc3cc(S(=O)(=O)N4CCCCC4)ccc32)c(C)c1. The summed E-state index contributed by atoms with van der Waals surface area (Å²) in [6, 6.07) is 8.48. The van der Waals surface area contributed by atoms with E-state index in [1.807, 2.05) is 32.9 Å². The van der Waals surface area contributed by atoms with E-state index in [9.17, 15) is 18.0 Å². The molecule has 174 valence electrons. The van der Waals surface area contributed by atoms with Crippen LogP contribution in [-0.4, -0.2) is 41.3 Å². The minimum atomic E-state index is -3.63. The van der Waals surface area contributed by atoms with Crippen LogP contribution in [0, 0.1) is 20.8 Å². The molecule has 8 nitrogen and oxygen atoms in total. The highest BCUT2D eigenvalue weighted by Gasteiger charge is 2.26. The van der Waals surface area contributed by atoms with Crippen LogP contribution in [0.1, 0.15) is 36.0 Å². The fourth-order valence-electron chi connectivity index (χ4n) is 4.43. The van der Waals surface area contributed by atoms with E-state index in [1.165, 1.54) is 21.0 Å². The molecule has 1 amide bonds. The van der Waals surface area contributed by atoms with Gasteiger partial charge in [-0.3, -0.25) is 14.2 Å². The van der Waals surface area contributed by atoms with Gasteiger partial charge in [0, 0.05) is 18.8 Å². The van der Waals surface area contributed by atoms with E-state index < -0.39 is 15.6 Å². The number of anilines is 1. The number of aromatic nitrogens is 2. The fraction of sp³-hybridized carbons (Fsp3) is 0.375. The molecule has 0 bridgehead atoms. The van der Waals surface area contributed by atoms with Crippen molar-refractivity contribution >= 4 is 32.7 Å². The third-order valence-corrected chi connectivity index (χ3v) is 7.91. The van der Waals surface area contributed by atoms with Gasteiger partial charge in [-0.25, -0.2) is 13.4 Å². The number of nitrogens with zero attached hydrogens (tertiary/aromatic N) is 3. The zero-order valence-electron chi connectivity index (χ0n) is 19.1. The van der Waals surface area contributed by atoms with Crippen molar-refractivity contribution in [3.05, 3.63) is 63.6 Å². The maximum absolute atomic E-state index is 13.0. The van der Waals surface area contributed by atoms with Gasteiger partial charge in [-0.1, -0.05) is 24.1 Å². The van der Waals surface area contributed by atoms with E-state index in [0.717, 1.165) is 47.8 Å². The lowest BCUT2D eigenvalue weighted by Crippen LogP contribution is -2.35. The van der Waals surface area contributed by atoms with Gasteiger partial charge >= 0.3 is 0 Å². The van der Waals surface area contributed by atoms with Crippen molar-refractivity contribution in [1.29, 1.82) is 0 Å². The van der Waals surface area contributed by atoms with E-state index in [-0.39, 0.29) is 17.3 Å². The molecule has 4 rings (SSSR count). The largest absolute Gasteiger partial charge is 0.324 e. The second kappa shape index (κ2) is 9.07. The Balaban J connectivity index is 1.64. The molecular weight excluding hydrogens is 440 g/mol. The van der Waals surface area contributed by atoms with Gasteiger partial charge in [-0.05, 0) is 62.9 Å². The average Bonchev–Trinajstić information content (AvgIpc) is 2.78. The number of nitrogens with one attached hydrogen (secondary N) is 1. The van der Waals surface area contributed by atoms with Crippen LogP contribution in [0.15, 0.2) is 46.2 Å². The Kier molecular flexibility index (Phi) is 6.36. The molecule has 1 aromatic heterocycles. The minimum absolute atomic E-state index is 0.143. The summed E-state index contributed by atoms with van der Waals surface area (Å²) in [4.78, 5) is 29.6. The summed E-state index contributed by atoms with van der Waals surface area (Å²) >= 11 is 0. The number of carbonyl (C=O) groups is 1. The Morgan fingerprint density at radius 3 is 2.36 bits per heavy atom. The maximum Gasteiger partial charge on any atom is 0.269 e. The highest BCUT2D eigenvalue weighted by atomic mass is 32.2. The molecule has 0 spiro atoms. The lowest BCUT2D eigenvalue weighted by molar-refractivity contribution is -0.116. The Morgan fingerprint density at radius 2 is 1.70 bits per heavy atom. The van der Waals surface area contributed by atoms with Gasteiger partial charge in [0.25, 0.3) is 5.56 Å². The monoisotopic (exact) mass is 468 g/mol. The van der Waals surface area contributed by atoms with Crippen molar-refractivity contribution in [2.45, 2.75) is 51.5 Å². The van der Waals surface area contributed by atoms with Gasteiger partial charge in [0.05, 0.1) is 22.1 Å². The second-order valence-corrected chi connectivity index (χ2v) is 10.6. The number of rotatable bonds is 5. The molecule has 1 aliphatic rings. The summed E-state index contributed by atoms with van der Waals surface area (Å²) < 4.78 is 28.8. The quantitative estimate of drug-likeness (QED) is 0.620. The summed E-state index contributed by atoms with van der Waals surface area (Å²) in [6.07, 6.45) is 3.84. The molecule has 3 aromatic rings. The predicted molar refractivity (Wildman–Crippen MR) is 128 cm³/mol. The smallest absolute Gasteiger partial charge is 0.269 e. The number of piperidine rings is 1. The molecular formula is C24H28N4O4S. The number of amides is 1. The molecule has 33 heavy (non-hydrogen) atoms. The minimum Gasteiger partial charge on any atom is -0.324 e. The topological polar surface area (TPSA) is 101 Å². The zero-order chi connectivity index (χ0) is 23.8. The van der Waals surface area contributed by atoms with Crippen LogP contribution >= 0.6 is 0 Å². The molecule has 1 N–H and O–H groups in total. The normalized spacial score (nSPS) is 15.0. The van der Waals surface area contributed by atoms with Crippen molar-refractivity contribution in [2.24, 2.45) is 0 Å². The van der Waals surface area contributed by atoms with Crippen molar-refractivity contribution in [2.75, 3.05) is 18.4 Å². The standard InChI is InChI=1S/C24H28N4O4S/c1-16-11-17(2)24(18(3)12-16)26-22(29)15-28-21-8-7-19(13-20(21)25-14-23(28)30)33(31,32)27-9-5-4-6-10-27/h7-8,11-14H,4-6,9-10,15H2,1-3H3,(H,26,29). The maximum atomic E-state index is 13.0. The molecule has 2 heterocycles. The molecule has 2 aromatic carbocycles. The molecule has 0 saturated carbocycles. The van der Waals surface area contributed by atoms with Crippen molar-refractivity contribution in [3.63, 3.8) is 0 Å². The fourth-order valence-corrected chi connectivity index (χ4v) is 5.96. The number of hydrogen-bond acceptors (Lipinski definition) is 5. The molecule has 0 unspecified atom stereocenters. The average molecular weight is 469 g/mol. The molecule has 1 saturated heterocycles.